The number of nitrogens with one attached hydrogen (secondary N) is 3. The van der Waals surface area contributed by atoms with Crippen molar-refractivity contribution in [3.63, 3.8) is 0 Å². The third-order valence-corrected chi connectivity index (χ3v) is 11.8. The fourth-order valence-electron chi connectivity index (χ4n) is 8.96. The molecule has 58 heavy (non-hydrogen) atoms. The summed E-state index contributed by atoms with van der Waals surface area (Å²) in [5, 5.41) is 30.9. The number of fused-ring (bicyclic) bond motifs is 2. The van der Waals surface area contributed by atoms with Gasteiger partial charge in [0.25, 0.3) is 11.8 Å². The number of pyridine rings is 1. The summed E-state index contributed by atoms with van der Waals surface area (Å²) in [5.74, 6) is -7.13. The van der Waals surface area contributed by atoms with E-state index in [0.717, 1.165) is 41.7 Å². The molecule has 1 aliphatic carbocycles. The summed E-state index contributed by atoms with van der Waals surface area (Å²) in [6.45, 7) is 3.42. The molecule has 3 amide bonds. The van der Waals surface area contributed by atoms with Crippen LogP contribution >= 0.6 is 0 Å². The van der Waals surface area contributed by atoms with Gasteiger partial charge in [-0.05, 0) is 95.2 Å². The molecule has 2 atom stereocenters. The lowest BCUT2D eigenvalue weighted by Gasteiger charge is -2.41. The molecule has 2 saturated heterocycles. The third kappa shape index (κ3) is 7.37. The largest absolute Gasteiger partial charge is 0.386 e. The minimum Gasteiger partial charge on any atom is -0.386 e. The van der Waals surface area contributed by atoms with Crippen LogP contribution in [0, 0.1) is 23.1 Å². The number of aromatic nitrogens is 5. The van der Waals surface area contributed by atoms with Gasteiger partial charge in [0.15, 0.2) is 0 Å². The number of piperidine rings is 2. The van der Waals surface area contributed by atoms with Gasteiger partial charge in [-0.15, -0.1) is 0 Å². The van der Waals surface area contributed by atoms with E-state index < -0.39 is 59.3 Å². The number of aliphatic hydroxyl groups is 1. The van der Waals surface area contributed by atoms with E-state index in [0.29, 0.717) is 29.9 Å². The molecule has 0 bridgehead atoms. The number of nitriles is 1. The predicted octanol–water partition coefficient (Wildman–Crippen LogP) is 5.40. The fourth-order valence-corrected chi connectivity index (χ4v) is 8.96. The average Bonchev–Trinajstić information content (AvgIpc) is 3.74. The van der Waals surface area contributed by atoms with Crippen LogP contribution in [-0.2, 0) is 15.2 Å². The Balaban J connectivity index is 0.929. The molecule has 3 aliphatic rings. The van der Waals surface area contributed by atoms with Gasteiger partial charge in [0.2, 0.25) is 11.8 Å². The van der Waals surface area contributed by atoms with Crippen molar-refractivity contribution in [3.05, 3.63) is 87.5 Å². The number of nitrogens with zero attached hydrogens (tertiary/aromatic N) is 6. The standard InChI is InChI=1S/C41H42F3N9O5/c1-40(2,58)28-15-30-25(14-31(28)47-37(55)24-13-23(16-45)17-46-18-24)20-52(50-30)26-5-3-22(4-6-26)19-51-12-11-27(41(43,44)21-51)35-29(42)7-8-32-36(35)49-39(57)53(32)33-9-10-34(54)48-38(33)56/h7-8,13-15,17-18,20,22,26-27,33,58H,3-6,9-12,19,21H2,1-2H3,(H,47,55)(H,49,57)(H,48,54,56)/t22?,26?,27-,33-/m0/s1. The van der Waals surface area contributed by atoms with Crippen LogP contribution in [-0.4, -0.2) is 77.6 Å². The van der Waals surface area contributed by atoms with Crippen molar-refractivity contribution in [1.29, 1.82) is 5.26 Å². The number of aromatic amines is 1. The number of rotatable bonds is 8. The van der Waals surface area contributed by atoms with Crippen molar-refractivity contribution < 1.29 is 32.7 Å². The monoisotopic (exact) mass is 797 g/mol. The first-order chi connectivity index (χ1) is 27.6. The molecule has 8 rings (SSSR count). The zero-order chi connectivity index (χ0) is 41.1. The predicted molar refractivity (Wildman–Crippen MR) is 206 cm³/mol. The van der Waals surface area contributed by atoms with Crippen LogP contribution in [0.3, 0.4) is 0 Å². The lowest BCUT2D eigenvalue weighted by atomic mass is 9.82. The number of H-pyrrole nitrogens is 1. The maximum absolute atomic E-state index is 16.1. The molecular formula is C41H42F3N9O5. The molecule has 17 heteroatoms. The zero-order valence-corrected chi connectivity index (χ0v) is 31.9. The van der Waals surface area contributed by atoms with Gasteiger partial charge in [-0.2, -0.15) is 10.4 Å². The Morgan fingerprint density at radius 1 is 1.09 bits per heavy atom. The summed E-state index contributed by atoms with van der Waals surface area (Å²) in [6, 6.07) is 8.29. The maximum atomic E-state index is 16.1. The van der Waals surface area contributed by atoms with Crippen LogP contribution < -0.4 is 16.3 Å². The highest BCUT2D eigenvalue weighted by Crippen LogP contribution is 2.45. The summed E-state index contributed by atoms with van der Waals surface area (Å²) in [5.41, 5.74) is -0.310. The van der Waals surface area contributed by atoms with Gasteiger partial charge in [0.05, 0.1) is 51.8 Å². The second-order valence-electron chi connectivity index (χ2n) is 16.3. The summed E-state index contributed by atoms with van der Waals surface area (Å²) >= 11 is 0. The number of amides is 3. The van der Waals surface area contributed by atoms with Crippen LogP contribution in [0.15, 0.2) is 53.7 Å². The molecule has 0 radical (unpaired) electrons. The second-order valence-corrected chi connectivity index (χ2v) is 16.3. The fraction of sp³-hybridized carbons (Fsp3) is 0.439. The minimum atomic E-state index is -3.31. The number of benzene rings is 2. The summed E-state index contributed by atoms with van der Waals surface area (Å²) in [4.78, 5) is 58.7. The summed E-state index contributed by atoms with van der Waals surface area (Å²) < 4.78 is 50.6. The molecule has 14 nitrogen and oxygen atoms in total. The van der Waals surface area contributed by atoms with Crippen molar-refractivity contribution in [1.82, 2.24) is 34.5 Å². The number of likely N-dealkylation sites (tertiary alicyclic amines) is 1. The van der Waals surface area contributed by atoms with Crippen molar-refractivity contribution in [3.8, 4) is 6.07 Å². The Bertz CT molecular complexity index is 2560. The summed E-state index contributed by atoms with van der Waals surface area (Å²) in [6.07, 6.45) is 7.74. The number of alkyl halides is 2. The van der Waals surface area contributed by atoms with Crippen LogP contribution in [0.1, 0.15) is 104 Å². The molecule has 5 aromatic rings. The zero-order valence-electron chi connectivity index (χ0n) is 31.9. The van der Waals surface area contributed by atoms with Gasteiger partial charge in [0, 0.05) is 53.8 Å². The maximum Gasteiger partial charge on any atom is 0.327 e. The van der Waals surface area contributed by atoms with Crippen molar-refractivity contribution in [2.75, 3.05) is 25.0 Å². The first kappa shape index (κ1) is 39.0. The summed E-state index contributed by atoms with van der Waals surface area (Å²) in [7, 11) is 0. The number of carbonyl (C=O) groups excluding carboxylic acids is 3. The Morgan fingerprint density at radius 3 is 2.57 bits per heavy atom. The molecule has 3 aromatic heterocycles. The van der Waals surface area contributed by atoms with Crippen LogP contribution in [0.4, 0.5) is 18.9 Å². The number of imidazole rings is 1. The van der Waals surface area contributed by atoms with E-state index in [-0.39, 0.29) is 58.9 Å². The molecule has 0 spiro atoms. The van der Waals surface area contributed by atoms with Gasteiger partial charge in [-0.25, -0.2) is 18.0 Å². The highest BCUT2D eigenvalue weighted by molar-refractivity contribution is 6.06. The number of carbonyl (C=O) groups is 3. The molecule has 302 valence electrons. The molecule has 1 saturated carbocycles. The van der Waals surface area contributed by atoms with E-state index in [1.807, 2.05) is 16.9 Å². The molecule has 2 aromatic carbocycles. The van der Waals surface area contributed by atoms with Gasteiger partial charge in [-0.1, -0.05) is 0 Å². The highest BCUT2D eigenvalue weighted by atomic mass is 19.3. The number of anilines is 1. The third-order valence-electron chi connectivity index (χ3n) is 11.8. The minimum absolute atomic E-state index is 0.0112. The highest BCUT2D eigenvalue weighted by Gasteiger charge is 2.48. The van der Waals surface area contributed by atoms with E-state index in [1.165, 1.54) is 24.5 Å². The SMILES string of the molecule is CC(C)(O)c1cc2nn(C3CCC(CN4CC[C@@H](c5c(F)ccc6c5[nH]c(=O)n6[C@H]5CCC(=O)NC5=O)C(F)(F)C4)CC3)cc2cc1NC(=O)c1cncc(C#N)c1. The van der Waals surface area contributed by atoms with Crippen LogP contribution in [0.2, 0.25) is 0 Å². The van der Waals surface area contributed by atoms with E-state index in [2.05, 4.69) is 20.6 Å². The molecular weight excluding hydrogens is 756 g/mol. The van der Waals surface area contributed by atoms with Crippen molar-refractivity contribution in [2.45, 2.75) is 88.3 Å². The Morgan fingerprint density at radius 2 is 1.86 bits per heavy atom. The number of hydrogen-bond acceptors (Lipinski definition) is 9. The van der Waals surface area contributed by atoms with Gasteiger partial charge >= 0.3 is 5.69 Å². The Labute approximate surface area is 330 Å². The molecule has 5 heterocycles. The van der Waals surface area contributed by atoms with E-state index in [4.69, 9.17) is 5.10 Å². The number of imide groups is 1. The molecule has 4 N–H and O–H groups in total. The second kappa shape index (κ2) is 14.8. The quantitative estimate of drug-likeness (QED) is 0.149. The van der Waals surface area contributed by atoms with Gasteiger partial charge in [-0.3, -0.25) is 38.8 Å². The Hall–Kier alpha value is -5.86. The molecule has 2 aliphatic heterocycles. The van der Waals surface area contributed by atoms with E-state index >= 15 is 13.2 Å². The first-order valence-electron chi connectivity index (χ1n) is 19.4. The topological polar surface area (TPSA) is 191 Å². The Kier molecular flexibility index (Phi) is 9.96. The average molecular weight is 798 g/mol. The first-order valence-corrected chi connectivity index (χ1v) is 19.4. The van der Waals surface area contributed by atoms with Crippen LogP contribution in [0.25, 0.3) is 21.9 Å². The lowest BCUT2D eigenvalue weighted by molar-refractivity contribution is -0.135. The normalized spacial score (nSPS) is 22.8. The van der Waals surface area contributed by atoms with Crippen molar-refractivity contribution in [2.24, 2.45) is 5.92 Å². The smallest absolute Gasteiger partial charge is 0.327 e. The molecule has 3 fully saturated rings. The van der Waals surface area contributed by atoms with E-state index in [1.54, 1.807) is 30.9 Å². The van der Waals surface area contributed by atoms with Gasteiger partial charge in [0.1, 0.15) is 17.9 Å². The number of hydrogen-bond donors (Lipinski definition) is 4. The lowest BCUT2D eigenvalue weighted by Crippen LogP contribution is -2.49. The molecule has 0 unspecified atom stereocenters. The number of halogens is 3. The van der Waals surface area contributed by atoms with Crippen LogP contribution in [0.5, 0.6) is 0 Å². The van der Waals surface area contributed by atoms with Gasteiger partial charge < -0.3 is 15.4 Å². The van der Waals surface area contributed by atoms with Crippen molar-refractivity contribution >= 4 is 45.3 Å². The van der Waals surface area contributed by atoms with E-state index in [9.17, 15) is 29.5 Å².